The van der Waals surface area contributed by atoms with E-state index in [4.69, 9.17) is 19.2 Å². The second kappa shape index (κ2) is 9.75. The molecule has 4 rings (SSSR count). The Hall–Kier alpha value is -1.88. The van der Waals surface area contributed by atoms with E-state index >= 15 is 0 Å². The van der Waals surface area contributed by atoms with Crippen LogP contribution in [0.3, 0.4) is 0 Å². The first-order valence-electron chi connectivity index (χ1n) is 9.23. The monoisotopic (exact) mass is 450 g/mol. The van der Waals surface area contributed by atoms with Crippen molar-refractivity contribution in [3.05, 3.63) is 29.3 Å². The van der Waals surface area contributed by atoms with Crippen LogP contribution >= 0.6 is 34.4 Å². The molecule has 10 heteroatoms. The number of hydrogen-bond acceptors (Lipinski definition) is 10. The standard InChI is InChI=1S/C19H22N4O3S3/c1-24-15-6-5-12(8-16(15)25-2)17-21-13(10-27-17)11-28-19-23-22-18(29-19)20-9-14-4-3-7-26-14/h5-6,8,10,14H,3-4,7,9,11H2,1-2H3,(H,20,22)/t14-/m1/s1. The minimum atomic E-state index is 0.292. The molecule has 2 aromatic heterocycles. The number of rotatable bonds is 9. The van der Waals surface area contributed by atoms with Gasteiger partial charge in [0.15, 0.2) is 15.8 Å². The van der Waals surface area contributed by atoms with Gasteiger partial charge in [-0.2, -0.15) is 0 Å². The zero-order valence-corrected chi connectivity index (χ0v) is 18.7. The Bertz CT molecular complexity index is 940. The summed E-state index contributed by atoms with van der Waals surface area (Å²) < 4.78 is 17.2. The third-order valence-electron chi connectivity index (χ3n) is 4.44. The molecule has 0 unspecified atom stereocenters. The van der Waals surface area contributed by atoms with Crippen molar-refractivity contribution in [2.45, 2.75) is 29.0 Å². The third-order valence-corrected chi connectivity index (χ3v) is 7.43. The molecule has 3 heterocycles. The van der Waals surface area contributed by atoms with Gasteiger partial charge in [-0.1, -0.05) is 23.1 Å². The quantitative estimate of drug-likeness (QED) is 0.475. The van der Waals surface area contributed by atoms with E-state index in [0.717, 1.165) is 57.5 Å². The number of benzene rings is 1. The van der Waals surface area contributed by atoms with Crippen LogP contribution in [0.2, 0.25) is 0 Å². The summed E-state index contributed by atoms with van der Waals surface area (Å²) in [5.74, 6) is 2.17. The number of nitrogens with zero attached hydrogens (tertiary/aromatic N) is 3. The Morgan fingerprint density at radius 1 is 1.24 bits per heavy atom. The molecule has 1 aliphatic rings. The summed E-state index contributed by atoms with van der Waals surface area (Å²) in [4.78, 5) is 4.75. The summed E-state index contributed by atoms with van der Waals surface area (Å²) in [6.45, 7) is 1.66. The summed E-state index contributed by atoms with van der Waals surface area (Å²) in [5.41, 5.74) is 2.04. The number of nitrogens with one attached hydrogen (secondary N) is 1. The molecular weight excluding hydrogens is 428 g/mol. The second-order valence-corrected chi connectivity index (χ2v) is 9.45. The van der Waals surface area contributed by atoms with Crippen LogP contribution in [0.15, 0.2) is 27.9 Å². The molecule has 1 N–H and O–H groups in total. The van der Waals surface area contributed by atoms with Crippen molar-refractivity contribution in [3.8, 4) is 22.1 Å². The lowest BCUT2D eigenvalue weighted by Crippen LogP contribution is -2.18. The van der Waals surface area contributed by atoms with E-state index in [-0.39, 0.29) is 0 Å². The minimum absolute atomic E-state index is 0.292. The van der Waals surface area contributed by atoms with Crippen molar-refractivity contribution in [1.82, 2.24) is 15.2 Å². The SMILES string of the molecule is COc1ccc(-c2nc(CSc3nnc(NC[C@H]4CCCO4)s3)cs2)cc1OC. The maximum absolute atomic E-state index is 5.62. The van der Waals surface area contributed by atoms with Crippen molar-refractivity contribution < 1.29 is 14.2 Å². The summed E-state index contributed by atoms with van der Waals surface area (Å²) >= 11 is 4.83. The molecule has 3 aromatic rings. The molecule has 0 saturated carbocycles. The molecule has 0 amide bonds. The number of methoxy groups -OCH3 is 2. The van der Waals surface area contributed by atoms with Crippen LogP contribution in [-0.4, -0.2) is 48.7 Å². The molecule has 1 atom stereocenters. The lowest BCUT2D eigenvalue weighted by Gasteiger charge is -2.08. The van der Waals surface area contributed by atoms with E-state index in [0.29, 0.717) is 17.6 Å². The van der Waals surface area contributed by atoms with Crippen LogP contribution in [-0.2, 0) is 10.5 Å². The van der Waals surface area contributed by atoms with Crippen molar-refractivity contribution >= 4 is 39.6 Å². The highest BCUT2D eigenvalue weighted by Crippen LogP contribution is 2.35. The zero-order chi connectivity index (χ0) is 20.1. The Balaban J connectivity index is 1.33. The van der Waals surface area contributed by atoms with Gasteiger partial charge in [-0.05, 0) is 31.0 Å². The summed E-state index contributed by atoms with van der Waals surface area (Å²) in [6.07, 6.45) is 2.54. The molecule has 0 spiro atoms. The molecule has 0 bridgehead atoms. The predicted octanol–water partition coefficient (Wildman–Crippen LogP) is 4.56. The minimum Gasteiger partial charge on any atom is -0.493 e. The first-order chi connectivity index (χ1) is 14.2. The van der Waals surface area contributed by atoms with E-state index in [2.05, 4.69) is 20.9 Å². The maximum Gasteiger partial charge on any atom is 0.206 e. The Morgan fingerprint density at radius 2 is 2.14 bits per heavy atom. The predicted molar refractivity (Wildman–Crippen MR) is 118 cm³/mol. The van der Waals surface area contributed by atoms with Crippen molar-refractivity contribution in [3.63, 3.8) is 0 Å². The van der Waals surface area contributed by atoms with Crippen molar-refractivity contribution in [1.29, 1.82) is 0 Å². The molecule has 0 aliphatic carbocycles. The fourth-order valence-electron chi connectivity index (χ4n) is 2.96. The van der Waals surface area contributed by atoms with Crippen molar-refractivity contribution in [2.75, 3.05) is 32.7 Å². The molecule has 1 aliphatic heterocycles. The highest BCUT2D eigenvalue weighted by atomic mass is 32.2. The number of thiazole rings is 1. The largest absolute Gasteiger partial charge is 0.493 e. The van der Waals surface area contributed by atoms with Gasteiger partial charge in [0, 0.05) is 29.8 Å². The lowest BCUT2D eigenvalue weighted by atomic mass is 10.2. The Labute approximate surface area is 181 Å². The summed E-state index contributed by atoms with van der Waals surface area (Å²) in [6, 6.07) is 5.84. The van der Waals surface area contributed by atoms with Crippen molar-refractivity contribution in [2.24, 2.45) is 0 Å². The van der Waals surface area contributed by atoms with E-state index in [1.165, 1.54) is 0 Å². The van der Waals surface area contributed by atoms with E-state index < -0.39 is 0 Å². The molecular formula is C19H22N4O3S3. The summed E-state index contributed by atoms with van der Waals surface area (Å²) in [5, 5.41) is 15.7. The smallest absolute Gasteiger partial charge is 0.206 e. The van der Waals surface area contributed by atoms with Gasteiger partial charge in [-0.25, -0.2) is 4.98 Å². The fourth-order valence-corrected chi connectivity index (χ4v) is 5.53. The van der Waals surface area contributed by atoms with Gasteiger partial charge >= 0.3 is 0 Å². The highest BCUT2D eigenvalue weighted by molar-refractivity contribution is 8.00. The lowest BCUT2D eigenvalue weighted by molar-refractivity contribution is 0.120. The third kappa shape index (κ3) is 5.19. The van der Waals surface area contributed by atoms with Crippen LogP contribution in [0.4, 0.5) is 5.13 Å². The second-order valence-electron chi connectivity index (χ2n) is 6.39. The average molecular weight is 451 g/mol. The number of thioether (sulfide) groups is 1. The molecule has 29 heavy (non-hydrogen) atoms. The normalized spacial score (nSPS) is 16.1. The first-order valence-corrected chi connectivity index (χ1v) is 11.9. The molecule has 1 fully saturated rings. The zero-order valence-electron chi connectivity index (χ0n) is 16.2. The fraction of sp³-hybridized carbons (Fsp3) is 0.421. The highest BCUT2D eigenvalue weighted by Gasteiger charge is 2.16. The maximum atomic E-state index is 5.62. The molecule has 154 valence electrons. The van der Waals surface area contributed by atoms with Crippen LogP contribution in [0, 0.1) is 0 Å². The molecule has 1 saturated heterocycles. The van der Waals surface area contributed by atoms with Gasteiger partial charge in [0.2, 0.25) is 5.13 Å². The van der Waals surface area contributed by atoms with Crippen LogP contribution in [0.1, 0.15) is 18.5 Å². The van der Waals surface area contributed by atoms with Gasteiger partial charge in [0.1, 0.15) is 5.01 Å². The van der Waals surface area contributed by atoms with E-state index in [9.17, 15) is 0 Å². The van der Waals surface area contributed by atoms with Gasteiger partial charge in [-0.15, -0.1) is 21.5 Å². The van der Waals surface area contributed by atoms with E-state index in [1.54, 1.807) is 48.7 Å². The average Bonchev–Trinajstić information content (AvgIpc) is 3.52. The molecule has 7 nitrogen and oxygen atoms in total. The van der Waals surface area contributed by atoms with Gasteiger partial charge in [0.05, 0.1) is 26.0 Å². The first kappa shape index (κ1) is 20.4. The number of anilines is 1. The topological polar surface area (TPSA) is 78.4 Å². The number of hydrogen-bond donors (Lipinski definition) is 1. The Kier molecular flexibility index (Phi) is 6.86. The van der Waals surface area contributed by atoms with Crippen LogP contribution in [0.25, 0.3) is 10.6 Å². The Morgan fingerprint density at radius 3 is 2.93 bits per heavy atom. The molecule has 1 aromatic carbocycles. The number of ether oxygens (including phenoxy) is 3. The van der Waals surface area contributed by atoms with Crippen LogP contribution < -0.4 is 14.8 Å². The summed E-state index contributed by atoms with van der Waals surface area (Å²) in [7, 11) is 3.27. The van der Waals surface area contributed by atoms with Gasteiger partial charge < -0.3 is 19.5 Å². The van der Waals surface area contributed by atoms with Gasteiger partial charge in [0.25, 0.3) is 0 Å². The van der Waals surface area contributed by atoms with E-state index in [1.807, 2.05) is 18.2 Å². The van der Waals surface area contributed by atoms with Gasteiger partial charge in [-0.3, -0.25) is 0 Å². The molecule has 0 radical (unpaired) electrons. The van der Waals surface area contributed by atoms with Crippen LogP contribution in [0.5, 0.6) is 11.5 Å². The number of aromatic nitrogens is 3.